The highest BCUT2D eigenvalue weighted by Gasteiger charge is 2.71. The maximum absolute atomic E-state index is 12.4. The molecule has 1 aromatic rings. The summed E-state index contributed by atoms with van der Waals surface area (Å²) in [4.78, 5) is 12.4. The Balaban J connectivity index is 1.72. The number of hydrogen-bond acceptors (Lipinski definition) is 5. The molecule has 2 heterocycles. The van der Waals surface area contributed by atoms with Crippen LogP contribution in [0.2, 0.25) is 0 Å². The van der Waals surface area contributed by atoms with Crippen LogP contribution in [-0.4, -0.2) is 29.3 Å². The van der Waals surface area contributed by atoms with Gasteiger partial charge in [-0.1, -0.05) is 19.0 Å². The molecule has 3 atom stereocenters. The molecule has 3 N–H and O–H groups in total. The zero-order valence-corrected chi connectivity index (χ0v) is 11.2. The second-order valence-corrected chi connectivity index (χ2v) is 5.94. The number of ether oxygens (including phenoxy) is 1. The predicted molar refractivity (Wildman–Crippen MR) is 66.9 cm³/mol. The fourth-order valence-electron chi connectivity index (χ4n) is 3.49. The molecule has 0 spiro atoms. The van der Waals surface area contributed by atoms with Gasteiger partial charge in [0.2, 0.25) is 5.91 Å². The van der Waals surface area contributed by atoms with E-state index in [1.165, 1.54) is 0 Å². The number of amides is 1. The van der Waals surface area contributed by atoms with Gasteiger partial charge < -0.3 is 20.3 Å². The Kier molecular flexibility index (Phi) is 2.69. The first-order chi connectivity index (χ1) is 8.98. The van der Waals surface area contributed by atoms with E-state index in [-0.39, 0.29) is 23.3 Å². The van der Waals surface area contributed by atoms with E-state index in [2.05, 4.69) is 10.5 Å². The summed E-state index contributed by atoms with van der Waals surface area (Å²) in [7, 11) is 0. The van der Waals surface area contributed by atoms with Gasteiger partial charge in [0.1, 0.15) is 5.54 Å². The van der Waals surface area contributed by atoms with Crippen molar-refractivity contribution < 1.29 is 14.1 Å². The quantitative estimate of drug-likeness (QED) is 0.827. The summed E-state index contributed by atoms with van der Waals surface area (Å²) in [5.74, 6) is 0.589. The normalized spacial score (nSPS) is 35.5. The largest absolute Gasteiger partial charge is 0.377 e. The molecular formula is C13H19N3O3. The van der Waals surface area contributed by atoms with Crippen LogP contribution in [0.1, 0.15) is 26.0 Å². The van der Waals surface area contributed by atoms with Gasteiger partial charge in [-0.25, -0.2) is 0 Å². The molecule has 19 heavy (non-hydrogen) atoms. The Morgan fingerprint density at radius 1 is 1.63 bits per heavy atom. The van der Waals surface area contributed by atoms with Gasteiger partial charge in [0.25, 0.3) is 0 Å². The fourth-order valence-corrected chi connectivity index (χ4v) is 3.49. The summed E-state index contributed by atoms with van der Waals surface area (Å²) >= 11 is 0. The molecular weight excluding hydrogens is 246 g/mol. The molecule has 3 unspecified atom stereocenters. The van der Waals surface area contributed by atoms with Crippen LogP contribution in [0, 0.1) is 11.3 Å². The number of nitrogens with two attached hydrogens (primary N) is 1. The summed E-state index contributed by atoms with van der Waals surface area (Å²) in [5, 5.41) is 6.44. The minimum atomic E-state index is -0.867. The zero-order chi connectivity index (χ0) is 13.7. The zero-order valence-electron chi connectivity index (χ0n) is 11.2. The Hall–Kier alpha value is -1.40. The van der Waals surface area contributed by atoms with Crippen LogP contribution in [0.5, 0.6) is 0 Å². The summed E-state index contributed by atoms with van der Waals surface area (Å²) in [6.45, 7) is 4.99. The van der Waals surface area contributed by atoms with Crippen molar-refractivity contribution in [2.45, 2.75) is 38.5 Å². The Morgan fingerprint density at radius 2 is 2.42 bits per heavy atom. The van der Waals surface area contributed by atoms with Gasteiger partial charge in [-0.15, -0.1) is 0 Å². The molecule has 1 aliphatic heterocycles. The molecule has 1 amide bonds. The number of nitrogens with one attached hydrogen (secondary N) is 1. The molecule has 3 rings (SSSR count). The van der Waals surface area contributed by atoms with Gasteiger partial charge in [-0.3, -0.25) is 4.79 Å². The van der Waals surface area contributed by atoms with E-state index in [0.29, 0.717) is 18.9 Å². The summed E-state index contributed by atoms with van der Waals surface area (Å²) in [6, 6.07) is 1.72. The number of nitrogens with zero attached hydrogens (tertiary/aromatic N) is 1. The summed E-state index contributed by atoms with van der Waals surface area (Å²) in [5.41, 5.74) is 5.20. The van der Waals surface area contributed by atoms with Crippen molar-refractivity contribution in [2.24, 2.45) is 17.1 Å². The molecule has 1 aliphatic carbocycles. The summed E-state index contributed by atoms with van der Waals surface area (Å²) in [6.07, 6.45) is 2.49. The van der Waals surface area contributed by atoms with Gasteiger partial charge in [0, 0.05) is 24.0 Å². The van der Waals surface area contributed by atoms with Gasteiger partial charge in [-0.05, 0) is 6.42 Å². The van der Waals surface area contributed by atoms with Gasteiger partial charge in [-0.2, -0.15) is 0 Å². The van der Waals surface area contributed by atoms with Crippen molar-refractivity contribution in [3.8, 4) is 0 Å². The molecule has 1 saturated carbocycles. The third-order valence-electron chi connectivity index (χ3n) is 4.74. The SMILES string of the molecule is CC1(C)C2OCCC2C1(N)C(=O)NCc1ccno1. The highest BCUT2D eigenvalue weighted by atomic mass is 16.5. The third kappa shape index (κ3) is 1.56. The molecule has 2 fully saturated rings. The van der Waals surface area contributed by atoms with Gasteiger partial charge in [0.15, 0.2) is 5.76 Å². The molecule has 1 aromatic heterocycles. The lowest BCUT2D eigenvalue weighted by Gasteiger charge is -2.60. The van der Waals surface area contributed by atoms with Crippen LogP contribution < -0.4 is 11.1 Å². The third-order valence-corrected chi connectivity index (χ3v) is 4.74. The van der Waals surface area contributed by atoms with Crippen LogP contribution in [0.25, 0.3) is 0 Å². The van der Waals surface area contributed by atoms with E-state index < -0.39 is 5.54 Å². The van der Waals surface area contributed by atoms with Crippen LogP contribution >= 0.6 is 0 Å². The molecule has 104 valence electrons. The number of rotatable bonds is 3. The van der Waals surface area contributed by atoms with Crippen LogP contribution in [0.15, 0.2) is 16.8 Å². The fraction of sp³-hybridized carbons (Fsp3) is 0.692. The van der Waals surface area contributed by atoms with Crippen molar-refractivity contribution in [3.05, 3.63) is 18.0 Å². The molecule has 6 nitrogen and oxygen atoms in total. The maximum atomic E-state index is 12.4. The van der Waals surface area contributed by atoms with E-state index >= 15 is 0 Å². The van der Waals surface area contributed by atoms with Crippen LogP contribution in [-0.2, 0) is 16.1 Å². The lowest BCUT2D eigenvalue weighted by molar-refractivity contribution is -0.175. The minimum absolute atomic E-state index is 0.0912. The number of aromatic nitrogens is 1. The molecule has 0 bridgehead atoms. The average molecular weight is 265 g/mol. The van der Waals surface area contributed by atoms with Crippen molar-refractivity contribution in [2.75, 3.05) is 6.61 Å². The van der Waals surface area contributed by atoms with E-state index in [0.717, 1.165) is 6.42 Å². The Morgan fingerprint density at radius 3 is 3.11 bits per heavy atom. The van der Waals surface area contributed by atoms with Crippen LogP contribution in [0.4, 0.5) is 0 Å². The number of hydrogen-bond donors (Lipinski definition) is 2. The number of carbonyl (C=O) groups excluding carboxylic acids is 1. The van der Waals surface area contributed by atoms with E-state index in [9.17, 15) is 4.79 Å². The first-order valence-electron chi connectivity index (χ1n) is 6.56. The minimum Gasteiger partial charge on any atom is -0.377 e. The Bertz CT molecular complexity index is 485. The lowest BCUT2D eigenvalue weighted by atomic mass is 9.48. The first kappa shape index (κ1) is 12.6. The van der Waals surface area contributed by atoms with E-state index in [1.54, 1.807) is 12.3 Å². The van der Waals surface area contributed by atoms with E-state index in [1.807, 2.05) is 13.8 Å². The average Bonchev–Trinajstić information content (AvgIpc) is 3.04. The van der Waals surface area contributed by atoms with Crippen molar-refractivity contribution in [1.82, 2.24) is 10.5 Å². The van der Waals surface area contributed by atoms with Crippen LogP contribution in [0.3, 0.4) is 0 Å². The Labute approximate surface area is 111 Å². The smallest absolute Gasteiger partial charge is 0.241 e. The van der Waals surface area contributed by atoms with Crippen molar-refractivity contribution in [1.29, 1.82) is 0 Å². The highest BCUT2D eigenvalue weighted by molar-refractivity contribution is 5.89. The maximum Gasteiger partial charge on any atom is 0.241 e. The van der Waals surface area contributed by atoms with Crippen molar-refractivity contribution in [3.63, 3.8) is 0 Å². The van der Waals surface area contributed by atoms with Gasteiger partial charge in [0.05, 0.1) is 18.8 Å². The standard InChI is InChI=1S/C13H19N3O3/c1-12(2)10-9(4-6-18-10)13(12,14)11(17)15-7-8-3-5-16-19-8/h3,5,9-10H,4,6-7,14H2,1-2H3,(H,15,17). The lowest BCUT2D eigenvalue weighted by Crippen LogP contribution is -2.80. The second-order valence-electron chi connectivity index (χ2n) is 5.94. The monoisotopic (exact) mass is 265 g/mol. The topological polar surface area (TPSA) is 90.4 Å². The molecule has 0 aromatic carbocycles. The molecule has 1 saturated heterocycles. The highest BCUT2D eigenvalue weighted by Crippen LogP contribution is 2.58. The molecule has 0 radical (unpaired) electrons. The van der Waals surface area contributed by atoms with Crippen molar-refractivity contribution >= 4 is 5.91 Å². The first-order valence-corrected chi connectivity index (χ1v) is 6.56. The van der Waals surface area contributed by atoms with Gasteiger partial charge >= 0.3 is 0 Å². The number of fused-ring (bicyclic) bond motifs is 1. The molecule has 2 aliphatic rings. The summed E-state index contributed by atoms with van der Waals surface area (Å²) < 4.78 is 10.6. The van der Waals surface area contributed by atoms with E-state index in [4.69, 9.17) is 15.0 Å². The second kappa shape index (κ2) is 4.05. The number of carbonyl (C=O) groups is 1. The molecule has 6 heteroatoms. The predicted octanol–water partition coefficient (Wildman–Crippen LogP) is 0.433.